The molecule has 0 aliphatic heterocycles. The number of hydrogen-bond donors (Lipinski definition) is 0. The molecule has 0 fully saturated rings. The zero-order chi connectivity index (χ0) is 33.0. The van der Waals surface area contributed by atoms with E-state index in [1.807, 2.05) is 18.2 Å². The quantitative estimate of drug-likeness (QED) is 0.129. The highest BCUT2D eigenvalue weighted by Gasteiger charge is 2.40. The molecule has 9 heteroatoms. The number of rotatable bonds is 18. The van der Waals surface area contributed by atoms with Crippen molar-refractivity contribution < 1.29 is 26.6 Å². The van der Waals surface area contributed by atoms with Gasteiger partial charge in [0.25, 0.3) is 0 Å². The van der Waals surface area contributed by atoms with Crippen molar-refractivity contribution >= 4 is 41.2 Å². The van der Waals surface area contributed by atoms with Crippen LogP contribution in [0, 0.1) is 6.92 Å². The van der Waals surface area contributed by atoms with Gasteiger partial charge in [-0.25, -0.2) is 0 Å². The van der Waals surface area contributed by atoms with Crippen molar-refractivity contribution in [3.63, 3.8) is 0 Å². The summed E-state index contributed by atoms with van der Waals surface area (Å²) in [5, 5.41) is 3.43. The molecule has 0 atom stereocenters. The molecule has 0 bridgehead atoms. The lowest BCUT2D eigenvalue weighted by molar-refractivity contribution is 0.257. The van der Waals surface area contributed by atoms with Crippen LogP contribution in [0.4, 0.5) is 0 Å². The van der Waals surface area contributed by atoms with Crippen molar-refractivity contribution in [2.24, 2.45) is 0 Å². The second-order valence-corrected chi connectivity index (χ2v) is 21.8. The summed E-state index contributed by atoms with van der Waals surface area (Å²) in [4.78, 5) is 0. The van der Waals surface area contributed by atoms with Gasteiger partial charge in [-0.3, -0.25) is 0 Å². The van der Waals surface area contributed by atoms with E-state index in [0.29, 0.717) is 0 Å². The molecule has 0 spiro atoms. The van der Waals surface area contributed by atoms with Crippen molar-refractivity contribution in [3.05, 3.63) is 125 Å². The van der Waals surface area contributed by atoms with Crippen LogP contribution in [-0.4, -0.2) is 68.3 Å². The highest BCUT2D eigenvalue weighted by atomic mass is 28.4. The van der Waals surface area contributed by atoms with Gasteiger partial charge in [-0.15, -0.1) is 0 Å². The molecule has 0 aliphatic carbocycles. The van der Waals surface area contributed by atoms with Gasteiger partial charge < -0.3 is 26.6 Å². The van der Waals surface area contributed by atoms with Gasteiger partial charge in [0.2, 0.25) is 0 Å². The standard InChI is InChI=1S/C37H50O6Si3/c1-31-33(24-27-45(40-4,41-5)36-19-13-9-14-20-36)29-32(23-26-44(38-2,39-3)35-17-11-8-12-18-35)30-34(31)25-28-46(42-6,43-7)37-21-15-10-16-22-37/h8-22,29-30H,23-28H2,1-7H3. The first-order chi connectivity index (χ1) is 22.3. The highest BCUT2D eigenvalue weighted by Crippen LogP contribution is 2.27. The molecule has 4 rings (SSSR count). The van der Waals surface area contributed by atoms with Gasteiger partial charge in [0.15, 0.2) is 0 Å². The van der Waals surface area contributed by atoms with E-state index in [2.05, 4.69) is 91.9 Å². The first-order valence-corrected chi connectivity index (χ1v) is 22.0. The lowest BCUT2D eigenvalue weighted by Gasteiger charge is -2.30. The van der Waals surface area contributed by atoms with E-state index in [1.165, 1.54) is 22.3 Å². The molecule has 4 aromatic carbocycles. The predicted molar refractivity (Wildman–Crippen MR) is 194 cm³/mol. The second-order valence-electron chi connectivity index (χ2n) is 11.6. The van der Waals surface area contributed by atoms with Crippen LogP contribution in [0.25, 0.3) is 0 Å². The molecule has 0 heterocycles. The van der Waals surface area contributed by atoms with E-state index < -0.39 is 25.7 Å². The van der Waals surface area contributed by atoms with Crippen LogP contribution in [-0.2, 0) is 45.8 Å². The number of hydrogen-bond acceptors (Lipinski definition) is 6. The van der Waals surface area contributed by atoms with Crippen molar-refractivity contribution in [1.82, 2.24) is 0 Å². The Morgan fingerprint density at radius 2 is 0.696 bits per heavy atom. The van der Waals surface area contributed by atoms with Crippen molar-refractivity contribution in [1.29, 1.82) is 0 Å². The molecule has 4 aromatic rings. The topological polar surface area (TPSA) is 55.4 Å². The molecule has 46 heavy (non-hydrogen) atoms. The average molecular weight is 675 g/mol. The summed E-state index contributed by atoms with van der Waals surface area (Å²) in [6, 6.07) is 38.4. The summed E-state index contributed by atoms with van der Waals surface area (Å²) in [5.41, 5.74) is 5.22. The van der Waals surface area contributed by atoms with Crippen molar-refractivity contribution in [2.45, 2.75) is 44.3 Å². The van der Waals surface area contributed by atoms with Crippen LogP contribution in [0.2, 0.25) is 18.1 Å². The van der Waals surface area contributed by atoms with E-state index in [1.54, 1.807) is 42.7 Å². The molecule has 0 aromatic heterocycles. The largest absolute Gasteiger partial charge is 0.394 e. The molecular weight excluding hydrogens is 625 g/mol. The third-order valence-electron chi connectivity index (χ3n) is 9.49. The average Bonchev–Trinajstić information content (AvgIpc) is 3.13. The summed E-state index contributed by atoms with van der Waals surface area (Å²) < 4.78 is 37.2. The SMILES string of the molecule is CO[Si](CCc1cc(CC[Si](OC)(OC)c2ccccc2)c(C)c(CC[Si](OC)(OC)c2ccccc2)c1)(OC)c1ccccc1. The normalized spacial score (nSPS) is 12.4. The summed E-state index contributed by atoms with van der Waals surface area (Å²) in [6.07, 6.45) is 2.54. The van der Waals surface area contributed by atoms with Crippen LogP contribution in [0.3, 0.4) is 0 Å². The molecule has 0 saturated carbocycles. The fraction of sp³-hybridized carbons (Fsp3) is 0.351. The summed E-state index contributed by atoms with van der Waals surface area (Å²) in [6.45, 7) is 2.25. The fourth-order valence-corrected chi connectivity index (χ4v) is 14.5. The van der Waals surface area contributed by atoms with Gasteiger partial charge in [-0.1, -0.05) is 103 Å². The third-order valence-corrected chi connectivity index (χ3v) is 19.8. The van der Waals surface area contributed by atoms with Crippen molar-refractivity contribution in [2.75, 3.05) is 42.7 Å². The summed E-state index contributed by atoms with van der Waals surface area (Å²) in [7, 11) is 2.79. The summed E-state index contributed by atoms with van der Waals surface area (Å²) >= 11 is 0. The lowest BCUT2D eigenvalue weighted by atomic mass is 9.95. The predicted octanol–water partition coefficient (Wildman–Crippen LogP) is 5.55. The van der Waals surface area contributed by atoms with E-state index in [4.69, 9.17) is 26.6 Å². The zero-order valence-corrected chi connectivity index (χ0v) is 31.5. The first-order valence-electron chi connectivity index (χ1n) is 15.9. The monoisotopic (exact) mass is 674 g/mol. The Morgan fingerprint density at radius 3 is 0.978 bits per heavy atom. The van der Waals surface area contributed by atoms with E-state index in [9.17, 15) is 0 Å². The second kappa shape index (κ2) is 16.9. The van der Waals surface area contributed by atoms with Gasteiger partial charge in [-0.05, 0) is 82.1 Å². The minimum atomic E-state index is -2.63. The highest BCUT2D eigenvalue weighted by molar-refractivity contribution is 6.82. The number of aryl methyl sites for hydroxylation is 3. The van der Waals surface area contributed by atoms with E-state index in [0.717, 1.165) is 53.0 Å². The van der Waals surface area contributed by atoms with Crippen LogP contribution in [0.15, 0.2) is 103 Å². The summed E-state index contributed by atoms with van der Waals surface area (Å²) in [5.74, 6) is 0. The molecule has 0 N–H and O–H groups in total. The molecule has 0 radical (unpaired) electrons. The Kier molecular flexibility index (Phi) is 13.3. The van der Waals surface area contributed by atoms with Gasteiger partial charge in [0.05, 0.1) is 0 Å². The maximum atomic E-state index is 6.20. The van der Waals surface area contributed by atoms with E-state index >= 15 is 0 Å². The minimum absolute atomic E-state index is 0.809. The van der Waals surface area contributed by atoms with Crippen LogP contribution in [0.1, 0.15) is 22.3 Å². The molecule has 0 unspecified atom stereocenters. The van der Waals surface area contributed by atoms with Gasteiger partial charge in [0.1, 0.15) is 0 Å². The Morgan fingerprint density at radius 1 is 0.413 bits per heavy atom. The van der Waals surface area contributed by atoms with Crippen LogP contribution in [0.5, 0.6) is 0 Å². The first kappa shape index (κ1) is 36.1. The van der Waals surface area contributed by atoms with E-state index in [-0.39, 0.29) is 0 Å². The van der Waals surface area contributed by atoms with Gasteiger partial charge >= 0.3 is 25.7 Å². The van der Waals surface area contributed by atoms with Crippen molar-refractivity contribution in [3.8, 4) is 0 Å². The minimum Gasteiger partial charge on any atom is -0.394 e. The fourth-order valence-electron chi connectivity index (χ4n) is 6.56. The molecule has 246 valence electrons. The Bertz CT molecular complexity index is 1390. The Labute approximate surface area is 279 Å². The third kappa shape index (κ3) is 8.04. The zero-order valence-electron chi connectivity index (χ0n) is 28.5. The number of benzene rings is 4. The van der Waals surface area contributed by atoms with Crippen LogP contribution < -0.4 is 15.6 Å². The van der Waals surface area contributed by atoms with Crippen LogP contribution >= 0.6 is 0 Å². The molecular formula is C37H50O6Si3. The maximum absolute atomic E-state index is 6.20. The maximum Gasteiger partial charge on any atom is 0.372 e. The molecule has 0 saturated heterocycles. The Hall–Kier alpha value is -2.71. The Balaban J connectivity index is 1.69. The molecule has 6 nitrogen and oxygen atoms in total. The van der Waals surface area contributed by atoms with Gasteiger partial charge in [0, 0.05) is 42.7 Å². The molecule has 0 amide bonds. The smallest absolute Gasteiger partial charge is 0.372 e. The van der Waals surface area contributed by atoms with Gasteiger partial charge in [-0.2, -0.15) is 0 Å². The molecule has 0 aliphatic rings. The lowest BCUT2D eigenvalue weighted by Crippen LogP contribution is -2.52.